The van der Waals surface area contributed by atoms with Gasteiger partial charge in [0.15, 0.2) is 0 Å². The second-order valence-corrected chi connectivity index (χ2v) is 4.49. The Bertz CT molecular complexity index is 468. The van der Waals surface area contributed by atoms with Crippen LogP contribution in [0.5, 0.6) is 0 Å². The number of nitrogens with zero attached hydrogens (tertiary/aromatic N) is 2. The molecule has 1 unspecified atom stereocenters. The van der Waals surface area contributed by atoms with Crippen LogP contribution in [0.4, 0.5) is 0 Å². The van der Waals surface area contributed by atoms with Gasteiger partial charge in [-0.1, -0.05) is 17.7 Å². The maximum atomic E-state index is 11.9. The van der Waals surface area contributed by atoms with Crippen LogP contribution < -0.4 is 0 Å². The Balaban J connectivity index is 2.33. The highest BCUT2D eigenvalue weighted by molar-refractivity contribution is 7.84. The Morgan fingerprint density at radius 3 is 2.27 bits per heavy atom. The molecule has 1 aromatic heterocycles. The average molecular weight is 218 g/mol. The molecule has 0 N–H and O–H groups in total. The van der Waals surface area contributed by atoms with Gasteiger partial charge < -0.3 is 0 Å². The van der Waals surface area contributed by atoms with Crippen molar-refractivity contribution >= 4 is 10.8 Å². The van der Waals surface area contributed by atoms with E-state index in [0.29, 0.717) is 5.16 Å². The Labute approximate surface area is 90.7 Å². The van der Waals surface area contributed by atoms with Crippen molar-refractivity contribution in [3.8, 4) is 0 Å². The lowest BCUT2D eigenvalue weighted by atomic mass is 10.2. The van der Waals surface area contributed by atoms with E-state index in [0.717, 1.165) is 10.5 Å². The van der Waals surface area contributed by atoms with Crippen molar-refractivity contribution in [2.24, 2.45) is 0 Å². The molecule has 2 rings (SSSR count). The molecule has 15 heavy (non-hydrogen) atoms. The van der Waals surface area contributed by atoms with Crippen LogP contribution in [0, 0.1) is 6.92 Å². The van der Waals surface area contributed by atoms with Gasteiger partial charge in [0.2, 0.25) is 5.16 Å². The highest BCUT2D eigenvalue weighted by atomic mass is 32.2. The summed E-state index contributed by atoms with van der Waals surface area (Å²) in [5, 5.41) is 0.348. The molecule has 0 amide bonds. The predicted octanol–water partition coefficient (Wildman–Crippen LogP) is 1.95. The molecule has 0 radical (unpaired) electrons. The van der Waals surface area contributed by atoms with Gasteiger partial charge in [0.1, 0.15) is 10.8 Å². The highest BCUT2D eigenvalue weighted by Crippen LogP contribution is 2.12. The molecule has 0 fully saturated rings. The molecule has 2 aromatic rings. The molecule has 0 bridgehead atoms. The molecule has 0 saturated heterocycles. The molecule has 1 heterocycles. The molecule has 0 aliphatic carbocycles. The maximum absolute atomic E-state index is 11.9. The van der Waals surface area contributed by atoms with Gasteiger partial charge in [-0.15, -0.1) is 0 Å². The molecule has 1 aromatic carbocycles. The zero-order valence-electron chi connectivity index (χ0n) is 8.25. The summed E-state index contributed by atoms with van der Waals surface area (Å²) < 4.78 is 11.9. The van der Waals surface area contributed by atoms with Gasteiger partial charge in [-0.3, -0.25) is 0 Å². The smallest absolute Gasteiger partial charge is 0.223 e. The minimum absolute atomic E-state index is 0.348. The third-order valence-corrected chi connectivity index (χ3v) is 3.19. The Morgan fingerprint density at radius 1 is 1.07 bits per heavy atom. The summed E-state index contributed by atoms with van der Waals surface area (Å²) in [7, 11) is -1.28. The van der Waals surface area contributed by atoms with Crippen LogP contribution in [0.3, 0.4) is 0 Å². The van der Waals surface area contributed by atoms with Crippen LogP contribution in [-0.2, 0) is 10.8 Å². The molecule has 1 atom stereocenters. The first-order valence-corrected chi connectivity index (χ1v) is 5.68. The summed E-state index contributed by atoms with van der Waals surface area (Å²) in [6, 6.07) is 9.23. The minimum atomic E-state index is -1.28. The molecular formula is C11H10N2OS. The number of benzene rings is 1. The Hall–Kier alpha value is -1.55. The van der Waals surface area contributed by atoms with Crippen molar-refractivity contribution in [3.63, 3.8) is 0 Å². The highest BCUT2D eigenvalue weighted by Gasteiger charge is 2.08. The fraction of sp³-hybridized carbons (Fsp3) is 0.0909. The minimum Gasteiger partial charge on any atom is -0.246 e. The number of aromatic nitrogens is 2. The summed E-state index contributed by atoms with van der Waals surface area (Å²) in [4.78, 5) is 8.66. The monoisotopic (exact) mass is 218 g/mol. The lowest BCUT2D eigenvalue weighted by Gasteiger charge is -2.00. The number of rotatable bonds is 2. The number of hydrogen-bond acceptors (Lipinski definition) is 3. The topological polar surface area (TPSA) is 42.9 Å². The summed E-state index contributed by atoms with van der Waals surface area (Å²) in [5.74, 6) is 0. The Morgan fingerprint density at radius 2 is 1.67 bits per heavy atom. The Kier molecular flexibility index (Phi) is 2.87. The van der Waals surface area contributed by atoms with E-state index in [1.54, 1.807) is 18.5 Å². The summed E-state index contributed by atoms with van der Waals surface area (Å²) in [5.41, 5.74) is 1.14. The molecule has 0 spiro atoms. The van der Waals surface area contributed by atoms with E-state index in [1.807, 2.05) is 31.2 Å². The first-order chi connectivity index (χ1) is 7.27. The van der Waals surface area contributed by atoms with Crippen molar-refractivity contribution in [2.45, 2.75) is 17.0 Å². The van der Waals surface area contributed by atoms with Crippen molar-refractivity contribution < 1.29 is 4.21 Å². The quantitative estimate of drug-likeness (QED) is 0.723. The molecule has 0 aliphatic rings. The summed E-state index contributed by atoms with van der Waals surface area (Å²) >= 11 is 0. The molecule has 76 valence electrons. The van der Waals surface area contributed by atoms with E-state index >= 15 is 0 Å². The fourth-order valence-electron chi connectivity index (χ4n) is 1.15. The van der Waals surface area contributed by atoms with Gasteiger partial charge in [-0.2, -0.15) is 0 Å². The van der Waals surface area contributed by atoms with Crippen LogP contribution in [0.15, 0.2) is 52.8 Å². The second-order valence-electron chi connectivity index (χ2n) is 3.11. The second kappa shape index (κ2) is 4.31. The first kappa shape index (κ1) is 9.98. The van der Waals surface area contributed by atoms with E-state index in [1.165, 1.54) is 0 Å². The van der Waals surface area contributed by atoms with E-state index < -0.39 is 10.8 Å². The lowest BCUT2D eigenvalue weighted by molar-refractivity contribution is 0.675. The largest absolute Gasteiger partial charge is 0.246 e. The van der Waals surface area contributed by atoms with Gasteiger partial charge in [0.05, 0.1) is 0 Å². The van der Waals surface area contributed by atoms with Gasteiger partial charge in [0, 0.05) is 17.3 Å². The van der Waals surface area contributed by atoms with Gasteiger partial charge >= 0.3 is 0 Å². The van der Waals surface area contributed by atoms with Gasteiger partial charge in [-0.25, -0.2) is 14.2 Å². The molecular weight excluding hydrogens is 208 g/mol. The maximum Gasteiger partial charge on any atom is 0.223 e. The van der Waals surface area contributed by atoms with Gasteiger partial charge in [-0.05, 0) is 25.1 Å². The zero-order chi connectivity index (χ0) is 10.7. The third kappa shape index (κ3) is 2.27. The van der Waals surface area contributed by atoms with Crippen LogP contribution in [0.2, 0.25) is 0 Å². The molecule has 4 heteroatoms. The van der Waals surface area contributed by atoms with Gasteiger partial charge in [0.25, 0.3) is 0 Å². The summed E-state index contributed by atoms with van der Waals surface area (Å²) in [6.07, 6.45) is 3.18. The van der Waals surface area contributed by atoms with E-state index in [4.69, 9.17) is 0 Å². The first-order valence-electron chi connectivity index (χ1n) is 4.53. The van der Waals surface area contributed by atoms with Crippen molar-refractivity contribution in [1.29, 1.82) is 0 Å². The number of aryl methyl sites for hydroxylation is 1. The fourth-order valence-corrected chi connectivity index (χ4v) is 2.06. The molecule has 0 aliphatic heterocycles. The van der Waals surface area contributed by atoms with Crippen LogP contribution >= 0.6 is 0 Å². The molecule has 0 saturated carbocycles. The van der Waals surface area contributed by atoms with Crippen LogP contribution in [0.1, 0.15) is 5.56 Å². The van der Waals surface area contributed by atoms with E-state index in [-0.39, 0.29) is 0 Å². The SMILES string of the molecule is Cc1ccc(S(=O)c2ncccn2)cc1. The zero-order valence-corrected chi connectivity index (χ0v) is 9.07. The van der Waals surface area contributed by atoms with E-state index in [9.17, 15) is 4.21 Å². The van der Waals surface area contributed by atoms with Crippen LogP contribution in [0.25, 0.3) is 0 Å². The normalized spacial score (nSPS) is 12.3. The van der Waals surface area contributed by atoms with Crippen molar-refractivity contribution in [3.05, 3.63) is 48.3 Å². The van der Waals surface area contributed by atoms with Crippen molar-refractivity contribution in [1.82, 2.24) is 9.97 Å². The van der Waals surface area contributed by atoms with E-state index in [2.05, 4.69) is 9.97 Å². The molecule has 3 nitrogen and oxygen atoms in total. The lowest BCUT2D eigenvalue weighted by Crippen LogP contribution is -1.98. The third-order valence-electron chi connectivity index (χ3n) is 1.94. The number of hydrogen-bond donors (Lipinski definition) is 0. The predicted molar refractivity (Wildman–Crippen MR) is 57.9 cm³/mol. The standard InChI is InChI=1S/C11H10N2OS/c1-9-3-5-10(6-4-9)15(14)11-12-7-2-8-13-11/h2-8H,1H3. The summed E-state index contributed by atoms with van der Waals surface area (Å²) in [6.45, 7) is 1.99. The average Bonchev–Trinajstić information content (AvgIpc) is 2.30. The van der Waals surface area contributed by atoms with Crippen LogP contribution in [-0.4, -0.2) is 14.2 Å². The van der Waals surface area contributed by atoms with Crippen molar-refractivity contribution in [2.75, 3.05) is 0 Å².